The van der Waals surface area contributed by atoms with Crippen LogP contribution in [0.4, 0.5) is 0 Å². The lowest BCUT2D eigenvalue weighted by Gasteiger charge is -2.14. The van der Waals surface area contributed by atoms with E-state index in [1.54, 1.807) is 13.8 Å². The summed E-state index contributed by atoms with van der Waals surface area (Å²) in [4.78, 5) is 0. The van der Waals surface area contributed by atoms with Gasteiger partial charge in [-0.15, -0.1) is 10.2 Å². The number of rotatable bonds is 13. The number of hydrogen-bond acceptors (Lipinski definition) is 6. The van der Waals surface area contributed by atoms with Crippen molar-refractivity contribution in [3.8, 4) is 0 Å². The second-order valence-electron chi connectivity index (χ2n) is 5.21. The van der Waals surface area contributed by atoms with Gasteiger partial charge >= 0.3 is 7.60 Å². The van der Waals surface area contributed by atoms with Crippen molar-refractivity contribution in [2.24, 2.45) is 0 Å². The molecule has 0 bridgehead atoms. The molecule has 1 aromatic rings. The first-order chi connectivity index (χ1) is 10.6. The molecule has 0 spiro atoms. The highest BCUT2D eigenvalue weighted by atomic mass is 31.2. The van der Waals surface area contributed by atoms with Crippen molar-refractivity contribution in [1.82, 2.24) is 10.2 Å². The first-order valence-corrected chi connectivity index (χ1v) is 10.1. The molecule has 0 fully saturated rings. The molecule has 0 atom stereocenters. The summed E-state index contributed by atoms with van der Waals surface area (Å²) < 4.78 is 28.4. The summed E-state index contributed by atoms with van der Waals surface area (Å²) in [5, 5.41) is 7.95. The van der Waals surface area contributed by atoms with Crippen molar-refractivity contribution in [2.45, 2.75) is 71.9 Å². The third kappa shape index (κ3) is 7.52. The van der Waals surface area contributed by atoms with Crippen LogP contribution in [0.25, 0.3) is 0 Å². The van der Waals surface area contributed by atoms with Crippen LogP contribution in [-0.2, 0) is 26.2 Å². The molecule has 0 unspecified atom stereocenters. The van der Waals surface area contributed by atoms with E-state index < -0.39 is 7.60 Å². The fraction of sp³-hybridized carbons (Fsp3) is 0.867. The minimum absolute atomic E-state index is 0.0399. The summed E-state index contributed by atoms with van der Waals surface area (Å²) in [5.41, 5.74) is 0. The van der Waals surface area contributed by atoms with Crippen LogP contribution in [0.5, 0.6) is 0 Å². The number of aromatic nitrogens is 2. The quantitative estimate of drug-likeness (QED) is 0.384. The SMILES string of the molecule is CCCCCCCCc1nnc(CP(=O)(OCC)OCC)o1. The standard InChI is InChI=1S/C15H29N2O4P/c1-4-7-8-9-10-11-12-14-16-17-15(21-14)13-22(18,19-5-2)20-6-3/h4-13H2,1-3H3. The van der Waals surface area contributed by atoms with Gasteiger partial charge in [0.05, 0.1) is 13.2 Å². The highest BCUT2D eigenvalue weighted by molar-refractivity contribution is 7.52. The van der Waals surface area contributed by atoms with E-state index in [0.29, 0.717) is 25.0 Å². The van der Waals surface area contributed by atoms with Crippen LogP contribution in [0.1, 0.15) is 71.1 Å². The van der Waals surface area contributed by atoms with Crippen molar-refractivity contribution in [1.29, 1.82) is 0 Å². The van der Waals surface area contributed by atoms with E-state index in [0.717, 1.165) is 12.8 Å². The van der Waals surface area contributed by atoms with Crippen LogP contribution in [0, 0.1) is 0 Å². The third-order valence-corrected chi connectivity index (χ3v) is 5.19. The van der Waals surface area contributed by atoms with Gasteiger partial charge in [0.1, 0.15) is 6.16 Å². The monoisotopic (exact) mass is 332 g/mol. The Labute approximate surface area is 133 Å². The fourth-order valence-corrected chi connectivity index (χ4v) is 3.70. The molecule has 1 heterocycles. The van der Waals surface area contributed by atoms with Crippen LogP contribution in [0.3, 0.4) is 0 Å². The van der Waals surface area contributed by atoms with Gasteiger partial charge in [0.15, 0.2) is 0 Å². The van der Waals surface area contributed by atoms with Gasteiger partial charge in [-0.3, -0.25) is 4.57 Å². The number of unbranched alkanes of at least 4 members (excludes halogenated alkanes) is 5. The van der Waals surface area contributed by atoms with Gasteiger partial charge in [-0.2, -0.15) is 0 Å². The Kier molecular flexibility index (Phi) is 9.60. The molecule has 0 aliphatic rings. The van der Waals surface area contributed by atoms with Gasteiger partial charge in [0.2, 0.25) is 11.8 Å². The minimum Gasteiger partial charge on any atom is -0.425 e. The van der Waals surface area contributed by atoms with E-state index >= 15 is 0 Å². The van der Waals surface area contributed by atoms with Gasteiger partial charge in [0.25, 0.3) is 0 Å². The van der Waals surface area contributed by atoms with Gasteiger partial charge in [0, 0.05) is 6.42 Å². The summed E-state index contributed by atoms with van der Waals surface area (Å²) in [6.45, 7) is 6.43. The van der Waals surface area contributed by atoms with Crippen LogP contribution in [0.2, 0.25) is 0 Å². The lowest BCUT2D eigenvalue weighted by molar-refractivity contribution is 0.216. The average molecular weight is 332 g/mol. The van der Waals surface area contributed by atoms with E-state index in [1.165, 1.54) is 32.1 Å². The molecule has 0 aliphatic heterocycles. The highest BCUT2D eigenvalue weighted by Gasteiger charge is 2.27. The molecule has 1 rings (SSSR count). The molecule has 0 saturated heterocycles. The Morgan fingerprint density at radius 2 is 1.50 bits per heavy atom. The van der Waals surface area contributed by atoms with Gasteiger partial charge in [-0.25, -0.2) is 0 Å². The average Bonchev–Trinajstić information content (AvgIpc) is 2.90. The van der Waals surface area contributed by atoms with Crippen molar-refractivity contribution in [3.05, 3.63) is 11.8 Å². The number of aryl methyl sites for hydroxylation is 1. The molecule has 0 N–H and O–H groups in total. The highest BCUT2D eigenvalue weighted by Crippen LogP contribution is 2.50. The Hall–Kier alpha value is -0.710. The zero-order valence-corrected chi connectivity index (χ0v) is 14.9. The molecule has 0 saturated carbocycles. The molecule has 128 valence electrons. The maximum absolute atomic E-state index is 12.4. The number of nitrogens with zero attached hydrogens (tertiary/aromatic N) is 2. The smallest absolute Gasteiger partial charge is 0.339 e. The molecule has 1 aromatic heterocycles. The third-order valence-electron chi connectivity index (χ3n) is 3.23. The van der Waals surface area contributed by atoms with Gasteiger partial charge in [-0.1, -0.05) is 39.0 Å². The zero-order valence-electron chi connectivity index (χ0n) is 14.0. The lowest BCUT2D eigenvalue weighted by atomic mass is 10.1. The maximum atomic E-state index is 12.4. The van der Waals surface area contributed by atoms with Crippen molar-refractivity contribution in [3.63, 3.8) is 0 Å². The minimum atomic E-state index is -3.17. The Balaban J connectivity index is 2.38. The molecule has 6 nitrogen and oxygen atoms in total. The van der Waals surface area contributed by atoms with Crippen LogP contribution in [0.15, 0.2) is 4.42 Å². The Morgan fingerprint density at radius 3 is 2.14 bits per heavy atom. The molecular weight excluding hydrogens is 303 g/mol. The molecular formula is C15H29N2O4P. The predicted molar refractivity (Wildman–Crippen MR) is 85.9 cm³/mol. The normalized spacial score (nSPS) is 12.0. The molecule has 0 aromatic carbocycles. The summed E-state index contributed by atoms with van der Waals surface area (Å²) in [6, 6.07) is 0. The molecule has 0 aliphatic carbocycles. The van der Waals surface area contributed by atoms with E-state index in [1.807, 2.05) is 0 Å². The van der Waals surface area contributed by atoms with Crippen LogP contribution in [-0.4, -0.2) is 23.4 Å². The second-order valence-corrected chi connectivity index (χ2v) is 7.27. The zero-order chi connectivity index (χ0) is 16.3. The molecule has 0 amide bonds. The van der Waals surface area contributed by atoms with Crippen molar-refractivity contribution in [2.75, 3.05) is 13.2 Å². The van der Waals surface area contributed by atoms with Crippen molar-refractivity contribution >= 4 is 7.60 Å². The summed E-state index contributed by atoms with van der Waals surface area (Å²) >= 11 is 0. The Morgan fingerprint density at radius 1 is 0.909 bits per heavy atom. The van der Waals surface area contributed by atoms with E-state index in [-0.39, 0.29) is 6.16 Å². The van der Waals surface area contributed by atoms with Gasteiger partial charge < -0.3 is 13.5 Å². The van der Waals surface area contributed by atoms with E-state index in [2.05, 4.69) is 17.1 Å². The van der Waals surface area contributed by atoms with Crippen molar-refractivity contribution < 1.29 is 18.0 Å². The topological polar surface area (TPSA) is 74.5 Å². The first kappa shape index (κ1) is 19.3. The second kappa shape index (κ2) is 10.9. The first-order valence-electron chi connectivity index (χ1n) is 8.33. The molecule has 7 heteroatoms. The van der Waals surface area contributed by atoms with Crippen LogP contribution < -0.4 is 0 Å². The van der Waals surface area contributed by atoms with Gasteiger partial charge in [-0.05, 0) is 20.3 Å². The summed E-state index contributed by atoms with van der Waals surface area (Å²) in [5.74, 6) is 0.927. The van der Waals surface area contributed by atoms with Crippen LogP contribution >= 0.6 is 7.60 Å². The summed E-state index contributed by atoms with van der Waals surface area (Å²) in [6.07, 6.45) is 8.12. The molecule has 0 radical (unpaired) electrons. The summed E-state index contributed by atoms with van der Waals surface area (Å²) in [7, 11) is -3.17. The fourth-order valence-electron chi connectivity index (χ4n) is 2.20. The largest absolute Gasteiger partial charge is 0.425 e. The maximum Gasteiger partial charge on any atom is 0.339 e. The predicted octanol–water partition coefficient (Wildman–Crippen LogP) is 4.74. The Bertz CT molecular complexity index is 441. The molecule has 22 heavy (non-hydrogen) atoms. The lowest BCUT2D eigenvalue weighted by Crippen LogP contribution is -1.99. The number of hydrogen-bond donors (Lipinski definition) is 0. The van der Waals surface area contributed by atoms with E-state index in [4.69, 9.17) is 13.5 Å². The van der Waals surface area contributed by atoms with E-state index in [9.17, 15) is 4.57 Å².